The third kappa shape index (κ3) is 5.59. The van der Waals surface area contributed by atoms with E-state index in [1.54, 1.807) is 31.2 Å². The van der Waals surface area contributed by atoms with Crippen LogP contribution in [0.15, 0.2) is 54.6 Å². The van der Waals surface area contributed by atoms with Crippen LogP contribution >= 0.6 is 11.6 Å². The summed E-state index contributed by atoms with van der Waals surface area (Å²) in [6, 6.07) is 15.7. The first-order valence-electron chi connectivity index (χ1n) is 7.62. The van der Waals surface area contributed by atoms with Crippen LogP contribution in [0.5, 0.6) is 0 Å². The molecule has 0 aliphatic carbocycles. The molecule has 2 rings (SSSR count). The van der Waals surface area contributed by atoms with Gasteiger partial charge in [-0.15, -0.1) is 0 Å². The number of alkyl carbamates (subject to hydrolysis) is 1. The van der Waals surface area contributed by atoms with Gasteiger partial charge >= 0.3 is 6.09 Å². The number of carbonyl (C=O) groups excluding carboxylic acids is 2. The molecule has 0 aliphatic heterocycles. The number of benzene rings is 2. The van der Waals surface area contributed by atoms with E-state index >= 15 is 0 Å². The number of amides is 2. The quantitative estimate of drug-likeness (QED) is 0.825. The Morgan fingerprint density at radius 2 is 1.88 bits per heavy atom. The summed E-state index contributed by atoms with van der Waals surface area (Å²) in [6.45, 7) is 1.99. The Morgan fingerprint density at radius 1 is 1.12 bits per heavy atom. The molecule has 0 spiro atoms. The minimum Gasteiger partial charge on any atom is -0.450 e. The van der Waals surface area contributed by atoms with E-state index in [9.17, 15) is 9.59 Å². The summed E-state index contributed by atoms with van der Waals surface area (Å²) in [5, 5.41) is 6.03. The summed E-state index contributed by atoms with van der Waals surface area (Å²) >= 11 is 5.91. The van der Waals surface area contributed by atoms with Crippen LogP contribution in [0.1, 0.15) is 24.9 Å². The Morgan fingerprint density at radius 3 is 2.54 bits per heavy atom. The average Bonchev–Trinajstić information content (AvgIpc) is 2.55. The molecular formula is C18H19ClN2O3. The van der Waals surface area contributed by atoms with Crippen molar-refractivity contribution < 1.29 is 14.3 Å². The molecule has 0 aromatic heterocycles. The number of anilines is 1. The lowest BCUT2D eigenvalue weighted by molar-refractivity contribution is -0.116. The van der Waals surface area contributed by atoms with Crippen molar-refractivity contribution in [2.45, 2.75) is 19.4 Å². The second-order valence-electron chi connectivity index (χ2n) is 5.09. The molecule has 0 saturated carbocycles. The number of halogens is 1. The number of ether oxygens (including phenoxy) is 1. The van der Waals surface area contributed by atoms with Crippen LogP contribution in [0, 0.1) is 0 Å². The van der Waals surface area contributed by atoms with Crippen LogP contribution in [0.4, 0.5) is 10.5 Å². The van der Waals surface area contributed by atoms with Crippen molar-refractivity contribution in [1.29, 1.82) is 0 Å². The molecule has 0 aliphatic rings. The van der Waals surface area contributed by atoms with Gasteiger partial charge in [0.2, 0.25) is 5.91 Å². The molecule has 0 heterocycles. The maximum atomic E-state index is 12.3. The van der Waals surface area contributed by atoms with Gasteiger partial charge in [0.15, 0.2) is 0 Å². The molecule has 2 aromatic carbocycles. The van der Waals surface area contributed by atoms with Gasteiger partial charge in [-0.05, 0) is 30.7 Å². The molecule has 24 heavy (non-hydrogen) atoms. The van der Waals surface area contributed by atoms with E-state index in [0.29, 0.717) is 10.7 Å². The monoisotopic (exact) mass is 346 g/mol. The summed E-state index contributed by atoms with van der Waals surface area (Å²) in [4.78, 5) is 24.0. The van der Waals surface area contributed by atoms with E-state index in [1.165, 1.54) is 0 Å². The maximum Gasteiger partial charge on any atom is 0.407 e. The highest BCUT2D eigenvalue weighted by atomic mass is 35.5. The van der Waals surface area contributed by atoms with Gasteiger partial charge in [0.1, 0.15) is 0 Å². The Labute approximate surface area is 146 Å². The molecule has 6 heteroatoms. The summed E-state index contributed by atoms with van der Waals surface area (Å²) in [7, 11) is 0. The molecule has 2 amide bonds. The first-order chi connectivity index (χ1) is 11.6. The minimum atomic E-state index is -0.554. The number of carbonyl (C=O) groups is 2. The van der Waals surface area contributed by atoms with Gasteiger partial charge in [-0.2, -0.15) is 0 Å². The zero-order chi connectivity index (χ0) is 17.4. The highest BCUT2D eigenvalue weighted by Gasteiger charge is 2.19. The van der Waals surface area contributed by atoms with Crippen LogP contribution in [0.2, 0.25) is 5.02 Å². The molecule has 5 nitrogen and oxygen atoms in total. The first kappa shape index (κ1) is 17.8. The van der Waals surface area contributed by atoms with Gasteiger partial charge in [0.25, 0.3) is 0 Å². The minimum absolute atomic E-state index is 0.0787. The van der Waals surface area contributed by atoms with Crippen molar-refractivity contribution in [3.05, 3.63) is 65.2 Å². The topological polar surface area (TPSA) is 67.4 Å². The Balaban J connectivity index is 2.06. The summed E-state index contributed by atoms with van der Waals surface area (Å²) in [6.07, 6.45) is -0.475. The third-order valence-corrected chi connectivity index (χ3v) is 3.50. The fourth-order valence-corrected chi connectivity index (χ4v) is 2.41. The summed E-state index contributed by atoms with van der Waals surface area (Å²) in [5.74, 6) is -0.233. The molecular weight excluding hydrogens is 328 g/mol. The summed E-state index contributed by atoms with van der Waals surface area (Å²) < 4.78 is 4.91. The van der Waals surface area contributed by atoms with Crippen molar-refractivity contribution >= 4 is 29.3 Å². The first-order valence-corrected chi connectivity index (χ1v) is 8.00. The number of hydrogen-bond acceptors (Lipinski definition) is 3. The lowest BCUT2D eigenvalue weighted by Crippen LogP contribution is -2.32. The van der Waals surface area contributed by atoms with Crippen LogP contribution in [0.25, 0.3) is 0 Å². The zero-order valence-electron chi connectivity index (χ0n) is 13.3. The second-order valence-corrected chi connectivity index (χ2v) is 5.53. The van der Waals surface area contributed by atoms with Gasteiger partial charge in [0.05, 0.1) is 19.1 Å². The molecule has 0 unspecified atom stereocenters. The predicted octanol–water partition coefficient (Wildman–Crippen LogP) is 4.16. The molecule has 0 saturated heterocycles. The molecule has 2 aromatic rings. The highest BCUT2D eigenvalue weighted by molar-refractivity contribution is 6.30. The van der Waals surface area contributed by atoms with Crippen LogP contribution < -0.4 is 10.6 Å². The van der Waals surface area contributed by atoms with Crippen LogP contribution in [0.3, 0.4) is 0 Å². The largest absolute Gasteiger partial charge is 0.450 e. The van der Waals surface area contributed by atoms with E-state index in [2.05, 4.69) is 10.6 Å². The SMILES string of the molecule is CCOC(=O)N[C@H](CC(=O)Nc1cccc(Cl)c1)c1ccccc1. The van der Waals surface area contributed by atoms with E-state index in [-0.39, 0.29) is 18.9 Å². The Hall–Kier alpha value is -2.53. The molecule has 1 atom stereocenters. The van der Waals surface area contributed by atoms with Crippen molar-refractivity contribution in [3.8, 4) is 0 Å². The van der Waals surface area contributed by atoms with E-state index in [0.717, 1.165) is 5.56 Å². The summed E-state index contributed by atoms with van der Waals surface area (Å²) in [5.41, 5.74) is 1.43. The lowest BCUT2D eigenvalue weighted by Gasteiger charge is -2.18. The smallest absolute Gasteiger partial charge is 0.407 e. The molecule has 2 N–H and O–H groups in total. The maximum absolute atomic E-state index is 12.3. The number of hydrogen-bond donors (Lipinski definition) is 2. The van der Waals surface area contributed by atoms with Crippen molar-refractivity contribution in [2.75, 3.05) is 11.9 Å². The van der Waals surface area contributed by atoms with Crippen molar-refractivity contribution in [3.63, 3.8) is 0 Å². The zero-order valence-corrected chi connectivity index (χ0v) is 14.0. The Kier molecular flexibility index (Phi) is 6.63. The van der Waals surface area contributed by atoms with E-state index < -0.39 is 12.1 Å². The predicted molar refractivity (Wildman–Crippen MR) is 94.0 cm³/mol. The Bertz CT molecular complexity index is 692. The molecule has 0 bridgehead atoms. The standard InChI is InChI=1S/C18H19ClN2O3/c1-2-24-18(23)21-16(13-7-4-3-5-8-13)12-17(22)20-15-10-6-9-14(19)11-15/h3-11,16H,2,12H2,1H3,(H,20,22)(H,21,23)/t16-/m1/s1. The molecule has 0 radical (unpaired) electrons. The average molecular weight is 347 g/mol. The van der Waals surface area contributed by atoms with Crippen LogP contribution in [-0.2, 0) is 9.53 Å². The van der Waals surface area contributed by atoms with Crippen molar-refractivity contribution in [1.82, 2.24) is 5.32 Å². The lowest BCUT2D eigenvalue weighted by atomic mass is 10.0. The van der Waals surface area contributed by atoms with Gasteiger partial charge in [-0.25, -0.2) is 4.79 Å². The normalized spacial score (nSPS) is 11.4. The molecule has 126 valence electrons. The van der Waals surface area contributed by atoms with Crippen molar-refractivity contribution in [2.24, 2.45) is 0 Å². The number of rotatable bonds is 6. The number of nitrogens with one attached hydrogen (secondary N) is 2. The van der Waals surface area contributed by atoms with Gasteiger partial charge < -0.3 is 15.4 Å². The van der Waals surface area contributed by atoms with Gasteiger partial charge in [-0.1, -0.05) is 48.0 Å². The molecule has 0 fully saturated rings. The highest BCUT2D eigenvalue weighted by Crippen LogP contribution is 2.19. The van der Waals surface area contributed by atoms with Gasteiger partial charge in [0, 0.05) is 10.7 Å². The van der Waals surface area contributed by atoms with E-state index in [1.807, 2.05) is 30.3 Å². The second kappa shape index (κ2) is 8.93. The fourth-order valence-electron chi connectivity index (χ4n) is 2.22. The fraction of sp³-hybridized carbons (Fsp3) is 0.222. The van der Waals surface area contributed by atoms with Gasteiger partial charge in [-0.3, -0.25) is 4.79 Å². The van der Waals surface area contributed by atoms with Crippen LogP contribution in [-0.4, -0.2) is 18.6 Å². The van der Waals surface area contributed by atoms with E-state index in [4.69, 9.17) is 16.3 Å². The third-order valence-electron chi connectivity index (χ3n) is 3.27.